The molecule has 1 aromatic carbocycles. The van der Waals surface area contributed by atoms with Crippen molar-refractivity contribution in [3.05, 3.63) is 24.3 Å². The topological polar surface area (TPSA) is 50.7 Å². The van der Waals surface area contributed by atoms with Gasteiger partial charge < -0.3 is 5.32 Å². The van der Waals surface area contributed by atoms with Crippen LogP contribution >= 0.6 is 11.6 Å². The number of nitrogens with one attached hydrogen (secondary N) is 1. The number of anilines is 1. The van der Waals surface area contributed by atoms with Gasteiger partial charge in [0.1, 0.15) is 5.52 Å². The van der Waals surface area contributed by atoms with E-state index >= 15 is 0 Å². The minimum atomic E-state index is 0.610. The highest BCUT2D eigenvalue weighted by molar-refractivity contribution is 6.18. The average Bonchev–Trinajstić information content (AvgIpc) is 2.92. The van der Waals surface area contributed by atoms with E-state index in [9.17, 15) is 0 Å². The highest BCUT2D eigenvalue weighted by atomic mass is 35.5. The molecule has 0 spiro atoms. The highest BCUT2D eigenvalue weighted by Crippen LogP contribution is 2.32. The smallest absolute Gasteiger partial charge is 0.243 e. The van der Waals surface area contributed by atoms with Crippen LogP contribution in [0, 0.1) is 11.8 Å². The molecule has 5 heteroatoms. The molecule has 0 saturated heterocycles. The van der Waals surface area contributed by atoms with E-state index in [1.165, 1.54) is 19.3 Å². The van der Waals surface area contributed by atoms with E-state index in [0.717, 1.165) is 23.5 Å². The van der Waals surface area contributed by atoms with Crippen molar-refractivity contribution in [2.24, 2.45) is 11.8 Å². The summed E-state index contributed by atoms with van der Waals surface area (Å²) in [5, 5.41) is 11.6. The second-order valence-electron chi connectivity index (χ2n) is 5.11. The normalized spacial score (nSPS) is 22.8. The van der Waals surface area contributed by atoms with Crippen LogP contribution in [0.3, 0.4) is 0 Å². The number of nitrogens with zero attached hydrogens (tertiary/aromatic N) is 3. The number of alkyl halides is 1. The Morgan fingerprint density at radius 2 is 1.89 bits per heavy atom. The zero-order valence-corrected chi connectivity index (χ0v) is 11.5. The lowest BCUT2D eigenvalue weighted by atomic mass is 9.98. The summed E-state index contributed by atoms with van der Waals surface area (Å²) in [6, 6.07) is 7.77. The number of hydrogen-bond acceptors (Lipinski definition) is 4. The lowest BCUT2D eigenvalue weighted by Crippen LogP contribution is -2.20. The first-order valence-corrected chi connectivity index (χ1v) is 7.29. The molecule has 1 aromatic heterocycles. The second kappa shape index (κ2) is 5.70. The van der Waals surface area contributed by atoms with Crippen LogP contribution in [-0.2, 0) is 0 Å². The molecule has 0 bridgehead atoms. The van der Waals surface area contributed by atoms with E-state index in [-0.39, 0.29) is 0 Å². The predicted octanol–water partition coefficient (Wildman–Crippen LogP) is 3.09. The van der Waals surface area contributed by atoms with Gasteiger partial charge in [-0.2, -0.15) is 0 Å². The summed E-state index contributed by atoms with van der Waals surface area (Å²) in [5.74, 6) is 2.62. The maximum Gasteiger partial charge on any atom is 0.243 e. The largest absolute Gasteiger partial charge is 0.353 e. The number of aromatic nitrogens is 3. The summed E-state index contributed by atoms with van der Waals surface area (Å²) >= 11 is 5.99. The molecule has 3 rings (SSSR count). The van der Waals surface area contributed by atoms with Gasteiger partial charge in [-0.3, -0.25) is 0 Å². The molecule has 0 radical (unpaired) electrons. The Kier molecular flexibility index (Phi) is 3.78. The van der Waals surface area contributed by atoms with Gasteiger partial charge in [0.25, 0.3) is 0 Å². The number of para-hydroxylation sites is 1. The molecule has 0 amide bonds. The lowest BCUT2D eigenvalue weighted by Gasteiger charge is -2.17. The summed E-state index contributed by atoms with van der Waals surface area (Å²) in [7, 11) is 0. The molecule has 1 N–H and O–H groups in total. The van der Waals surface area contributed by atoms with Gasteiger partial charge in [-0.25, -0.2) is 4.98 Å². The fourth-order valence-electron chi connectivity index (χ4n) is 2.76. The summed E-state index contributed by atoms with van der Waals surface area (Å²) < 4.78 is 0. The molecule has 1 saturated carbocycles. The third-order valence-electron chi connectivity index (χ3n) is 3.90. The Hall–Kier alpha value is -1.42. The van der Waals surface area contributed by atoms with Crippen LogP contribution in [0.1, 0.15) is 19.3 Å². The van der Waals surface area contributed by atoms with Crippen molar-refractivity contribution in [1.29, 1.82) is 0 Å². The first kappa shape index (κ1) is 12.6. The first-order valence-electron chi connectivity index (χ1n) is 6.76. The molecule has 0 aliphatic heterocycles. The Bertz CT molecular complexity index is 560. The summed E-state index contributed by atoms with van der Waals surface area (Å²) in [5.41, 5.74) is 1.70. The van der Waals surface area contributed by atoms with Gasteiger partial charge in [0.2, 0.25) is 5.95 Å². The number of halogens is 1. The van der Waals surface area contributed by atoms with Gasteiger partial charge in [-0.05, 0) is 36.8 Å². The molecule has 1 aliphatic rings. The van der Waals surface area contributed by atoms with E-state index in [1.807, 2.05) is 24.3 Å². The lowest BCUT2D eigenvalue weighted by molar-refractivity contribution is 0.443. The van der Waals surface area contributed by atoms with Gasteiger partial charge in [0, 0.05) is 12.4 Å². The average molecular weight is 277 g/mol. The minimum Gasteiger partial charge on any atom is -0.353 e. The molecular weight excluding hydrogens is 260 g/mol. The Morgan fingerprint density at radius 3 is 2.74 bits per heavy atom. The molecule has 19 heavy (non-hydrogen) atoms. The maximum absolute atomic E-state index is 5.99. The van der Waals surface area contributed by atoms with Crippen molar-refractivity contribution in [3.63, 3.8) is 0 Å². The van der Waals surface area contributed by atoms with Crippen LogP contribution in [0.5, 0.6) is 0 Å². The van der Waals surface area contributed by atoms with Gasteiger partial charge >= 0.3 is 0 Å². The van der Waals surface area contributed by atoms with E-state index in [4.69, 9.17) is 11.6 Å². The number of fused-ring (bicyclic) bond motifs is 1. The van der Waals surface area contributed by atoms with Crippen LogP contribution in [-0.4, -0.2) is 27.6 Å². The second-order valence-corrected chi connectivity index (χ2v) is 5.42. The Balaban J connectivity index is 1.68. The molecule has 2 atom stereocenters. The standard InChI is InChI=1S/C14H17ClN4/c15-8-10-4-3-5-11(10)9-16-14-17-12-6-1-2-7-13(12)18-19-14/h1-2,6-7,10-11H,3-5,8-9H2,(H,16,17,19). The van der Waals surface area contributed by atoms with Crippen LogP contribution in [0.4, 0.5) is 5.95 Å². The molecule has 1 aliphatic carbocycles. The fraction of sp³-hybridized carbons (Fsp3) is 0.500. The maximum atomic E-state index is 5.99. The minimum absolute atomic E-state index is 0.610. The van der Waals surface area contributed by atoms with Crippen LogP contribution in [0.15, 0.2) is 24.3 Å². The van der Waals surface area contributed by atoms with Crippen molar-refractivity contribution < 1.29 is 0 Å². The third kappa shape index (κ3) is 2.78. The molecule has 1 heterocycles. The van der Waals surface area contributed by atoms with Crippen LogP contribution in [0.25, 0.3) is 11.0 Å². The predicted molar refractivity (Wildman–Crippen MR) is 77.4 cm³/mol. The van der Waals surface area contributed by atoms with Gasteiger partial charge in [-0.1, -0.05) is 18.6 Å². The molecule has 100 valence electrons. The number of hydrogen-bond donors (Lipinski definition) is 1. The fourth-order valence-corrected chi connectivity index (χ4v) is 3.17. The van der Waals surface area contributed by atoms with E-state index < -0.39 is 0 Å². The number of benzene rings is 1. The monoisotopic (exact) mass is 276 g/mol. The van der Waals surface area contributed by atoms with Crippen molar-refractivity contribution in [2.75, 3.05) is 17.7 Å². The van der Waals surface area contributed by atoms with E-state index in [0.29, 0.717) is 17.8 Å². The SMILES string of the molecule is ClCC1CCCC1CNc1nnc2ccccc2n1. The molecule has 2 unspecified atom stereocenters. The number of rotatable bonds is 4. The summed E-state index contributed by atoms with van der Waals surface area (Å²) in [6.07, 6.45) is 3.76. The van der Waals surface area contributed by atoms with Crippen LogP contribution < -0.4 is 5.32 Å². The van der Waals surface area contributed by atoms with Gasteiger partial charge in [0.15, 0.2) is 0 Å². The zero-order chi connectivity index (χ0) is 13.1. The van der Waals surface area contributed by atoms with Crippen molar-refractivity contribution in [2.45, 2.75) is 19.3 Å². The Labute approximate surface area is 117 Å². The highest BCUT2D eigenvalue weighted by Gasteiger charge is 2.26. The first-order chi connectivity index (χ1) is 9.36. The third-order valence-corrected chi connectivity index (χ3v) is 4.29. The van der Waals surface area contributed by atoms with Crippen molar-refractivity contribution >= 4 is 28.6 Å². The summed E-state index contributed by atoms with van der Waals surface area (Å²) in [6.45, 7) is 0.886. The van der Waals surface area contributed by atoms with Crippen LogP contribution in [0.2, 0.25) is 0 Å². The Morgan fingerprint density at radius 1 is 1.11 bits per heavy atom. The quantitative estimate of drug-likeness (QED) is 0.872. The molecule has 1 fully saturated rings. The van der Waals surface area contributed by atoms with Gasteiger partial charge in [0.05, 0.1) is 5.52 Å². The van der Waals surface area contributed by atoms with E-state index in [2.05, 4.69) is 20.5 Å². The molecule has 4 nitrogen and oxygen atoms in total. The molecule has 2 aromatic rings. The zero-order valence-electron chi connectivity index (χ0n) is 10.7. The summed E-state index contributed by atoms with van der Waals surface area (Å²) in [4.78, 5) is 4.47. The van der Waals surface area contributed by atoms with Gasteiger partial charge in [-0.15, -0.1) is 21.8 Å². The van der Waals surface area contributed by atoms with E-state index in [1.54, 1.807) is 0 Å². The molecular formula is C14H17ClN4. The van der Waals surface area contributed by atoms with Crippen molar-refractivity contribution in [1.82, 2.24) is 15.2 Å². The van der Waals surface area contributed by atoms with Crippen molar-refractivity contribution in [3.8, 4) is 0 Å².